The van der Waals surface area contributed by atoms with E-state index in [-0.39, 0.29) is 36.3 Å². The maximum absolute atomic E-state index is 12.5. The lowest BCUT2D eigenvalue weighted by atomic mass is 9.82. The molecule has 1 saturated carbocycles. The van der Waals surface area contributed by atoms with Crippen molar-refractivity contribution in [2.75, 3.05) is 13.2 Å². The maximum Gasteiger partial charge on any atom is 0.338 e. The van der Waals surface area contributed by atoms with E-state index in [2.05, 4.69) is 5.32 Å². The van der Waals surface area contributed by atoms with Crippen molar-refractivity contribution in [3.8, 4) is 11.5 Å². The van der Waals surface area contributed by atoms with Gasteiger partial charge in [0, 0.05) is 12.1 Å². The quantitative estimate of drug-likeness (QED) is 0.463. The van der Waals surface area contributed by atoms with Crippen LogP contribution in [0.4, 0.5) is 0 Å². The first-order valence-corrected chi connectivity index (χ1v) is 11.5. The second-order valence-electron chi connectivity index (χ2n) is 8.02. The van der Waals surface area contributed by atoms with E-state index in [0.717, 1.165) is 0 Å². The first kappa shape index (κ1) is 25.0. The van der Waals surface area contributed by atoms with Crippen LogP contribution in [0, 0.1) is 11.8 Å². The van der Waals surface area contributed by atoms with Crippen molar-refractivity contribution in [3.63, 3.8) is 0 Å². The zero-order chi connectivity index (χ0) is 24.5. The van der Waals surface area contributed by atoms with Gasteiger partial charge in [0.1, 0.15) is 11.5 Å². The predicted molar refractivity (Wildman–Crippen MR) is 124 cm³/mol. The molecule has 8 heteroatoms. The molecule has 0 heterocycles. The van der Waals surface area contributed by atoms with Gasteiger partial charge in [-0.1, -0.05) is 0 Å². The molecule has 0 bridgehead atoms. The van der Waals surface area contributed by atoms with E-state index in [1.54, 1.807) is 55.5 Å². The standard InChI is InChI=1S/C26H29NO7/c1-3-27-23(28)17-9-13-21(14-10-17)33-25(30)19-5-7-20(8-6-19)26(31)34-22-15-11-18(12-16-22)24(29)32-4-2/h9-16,19-20H,3-8H2,1-2H3,(H,27,28). The van der Waals surface area contributed by atoms with E-state index in [1.807, 2.05) is 6.92 Å². The third kappa shape index (κ3) is 6.66. The number of nitrogens with one attached hydrogen (secondary N) is 1. The van der Waals surface area contributed by atoms with Crippen LogP contribution in [0.5, 0.6) is 11.5 Å². The average molecular weight is 468 g/mol. The van der Waals surface area contributed by atoms with E-state index in [4.69, 9.17) is 14.2 Å². The summed E-state index contributed by atoms with van der Waals surface area (Å²) in [5.74, 6) is -1.16. The van der Waals surface area contributed by atoms with Gasteiger partial charge in [0.05, 0.1) is 24.0 Å². The van der Waals surface area contributed by atoms with Crippen LogP contribution in [0.1, 0.15) is 60.2 Å². The molecule has 2 aromatic carbocycles. The molecule has 8 nitrogen and oxygen atoms in total. The van der Waals surface area contributed by atoms with Gasteiger partial charge in [-0.3, -0.25) is 14.4 Å². The van der Waals surface area contributed by atoms with Gasteiger partial charge in [-0.2, -0.15) is 0 Å². The fourth-order valence-electron chi connectivity index (χ4n) is 3.77. The highest BCUT2D eigenvalue weighted by atomic mass is 16.5. The third-order valence-electron chi connectivity index (χ3n) is 5.65. The summed E-state index contributed by atoms with van der Waals surface area (Å²) in [6, 6.07) is 12.6. The minimum absolute atomic E-state index is 0.180. The summed E-state index contributed by atoms with van der Waals surface area (Å²) in [7, 11) is 0. The maximum atomic E-state index is 12.5. The highest BCUT2D eigenvalue weighted by molar-refractivity contribution is 5.94. The predicted octanol–water partition coefficient (Wildman–Crippen LogP) is 3.93. The molecular weight excluding hydrogens is 438 g/mol. The van der Waals surface area contributed by atoms with E-state index in [1.165, 1.54) is 0 Å². The number of ether oxygens (including phenoxy) is 3. The highest BCUT2D eigenvalue weighted by Crippen LogP contribution is 2.31. The number of hydrogen-bond acceptors (Lipinski definition) is 7. The van der Waals surface area contributed by atoms with Crippen molar-refractivity contribution in [3.05, 3.63) is 59.7 Å². The Hall–Kier alpha value is -3.68. The molecule has 34 heavy (non-hydrogen) atoms. The van der Waals surface area contributed by atoms with Crippen LogP contribution in [-0.2, 0) is 14.3 Å². The first-order chi connectivity index (χ1) is 16.4. The third-order valence-corrected chi connectivity index (χ3v) is 5.65. The summed E-state index contributed by atoms with van der Waals surface area (Å²) < 4.78 is 15.8. The Labute approximate surface area is 198 Å². The van der Waals surface area contributed by atoms with Crippen LogP contribution < -0.4 is 14.8 Å². The van der Waals surface area contributed by atoms with Crippen LogP contribution in [0.25, 0.3) is 0 Å². The van der Waals surface area contributed by atoms with Gasteiger partial charge in [-0.15, -0.1) is 0 Å². The van der Waals surface area contributed by atoms with Crippen LogP contribution >= 0.6 is 0 Å². The summed E-state index contributed by atoms with van der Waals surface area (Å²) >= 11 is 0. The van der Waals surface area contributed by atoms with Crippen LogP contribution in [0.3, 0.4) is 0 Å². The number of rotatable bonds is 8. The zero-order valence-corrected chi connectivity index (χ0v) is 19.4. The SMILES string of the molecule is CCNC(=O)c1ccc(OC(=O)C2CCC(C(=O)Oc3ccc(C(=O)OCC)cc3)CC2)cc1. The number of esters is 3. The van der Waals surface area contributed by atoms with Crippen LogP contribution in [0.15, 0.2) is 48.5 Å². The van der Waals surface area contributed by atoms with Gasteiger partial charge in [0.15, 0.2) is 0 Å². The second-order valence-corrected chi connectivity index (χ2v) is 8.02. The number of amides is 1. The molecule has 0 aromatic heterocycles. The van der Waals surface area contributed by atoms with E-state index < -0.39 is 5.97 Å². The molecule has 0 spiro atoms. The Morgan fingerprint density at radius 3 is 1.59 bits per heavy atom. The summed E-state index contributed by atoms with van der Waals surface area (Å²) in [6.07, 6.45) is 2.10. The molecule has 0 aliphatic heterocycles. The lowest BCUT2D eigenvalue weighted by Crippen LogP contribution is -2.30. The van der Waals surface area contributed by atoms with Crippen molar-refractivity contribution in [2.45, 2.75) is 39.5 Å². The fourth-order valence-corrected chi connectivity index (χ4v) is 3.77. The molecule has 0 radical (unpaired) electrons. The topological polar surface area (TPSA) is 108 Å². The summed E-state index contributed by atoms with van der Waals surface area (Å²) in [5, 5.41) is 2.71. The summed E-state index contributed by atoms with van der Waals surface area (Å²) in [6.45, 7) is 4.39. The minimum atomic E-state index is -0.427. The molecule has 3 rings (SSSR count). The fraction of sp³-hybridized carbons (Fsp3) is 0.385. The normalized spacial score (nSPS) is 17.4. The van der Waals surface area contributed by atoms with E-state index in [0.29, 0.717) is 54.9 Å². The number of hydrogen-bond donors (Lipinski definition) is 1. The van der Waals surface area contributed by atoms with Gasteiger partial charge in [0.25, 0.3) is 5.91 Å². The van der Waals surface area contributed by atoms with Gasteiger partial charge < -0.3 is 19.5 Å². The molecule has 1 N–H and O–H groups in total. The lowest BCUT2D eigenvalue weighted by Gasteiger charge is -2.25. The van der Waals surface area contributed by atoms with Gasteiger partial charge in [-0.05, 0) is 88.1 Å². The van der Waals surface area contributed by atoms with Crippen molar-refractivity contribution < 1.29 is 33.4 Å². The summed E-state index contributed by atoms with van der Waals surface area (Å²) in [4.78, 5) is 48.6. The second kappa shape index (κ2) is 12.0. The van der Waals surface area contributed by atoms with Gasteiger partial charge in [0.2, 0.25) is 0 Å². The molecule has 0 atom stereocenters. The molecule has 0 saturated heterocycles. The lowest BCUT2D eigenvalue weighted by molar-refractivity contribution is -0.145. The van der Waals surface area contributed by atoms with Crippen LogP contribution in [-0.4, -0.2) is 37.0 Å². The van der Waals surface area contributed by atoms with Crippen molar-refractivity contribution in [1.29, 1.82) is 0 Å². The number of carbonyl (C=O) groups excluding carboxylic acids is 4. The van der Waals surface area contributed by atoms with E-state index in [9.17, 15) is 19.2 Å². The Balaban J connectivity index is 1.46. The molecule has 1 amide bonds. The number of carbonyl (C=O) groups is 4. The van der Waals surface area contributed by atoms with Crippen molar-refractivity contribution in [1.82, 2.24) is 5.32 Å². The van der Waals surface area contributed by atoms with Gasteiger partial charge in [-0.25, -0.2) is 4.79 Å². The Morgan fingerprint density at radius 2 is 1.18 bits per heavy atom. The van der Waals surface area contributed by atoms with Crippen molar-refractivity contribution >= 4 is 23.8 Å². The molecule has 0 unspecified atom stereocenters. The summed E-state index contributed by atoms with van der Waals surface area (Å²) in [5.41, 5.74) is 0.885. The Bertz CT molecular complexity index is 923. The highest BCUT2D eigenvalue weighted by Gasteiger charge is 2.32. The van der Waals surface area contributed by atoms with E-state index >= 15 is 0 Å². The minimum Gasteiger partial charge on any atom is -0.462 e. The number of benzene rings is 2. The molecule has 1 fully saturated rings. The molecular formula is C26H29NO7. The molecule has 180 valence electrons. The Morgan fingerprint density at radius 1 is 0.735 bits per heavy atom. The molecule has 2 aromatic rings. The molecule has 1 aliphatic rings. The average Bonchev–Trinajstić information content (AvgIpc) is 2.85. The Kier molecular flexibility index (Phi) is 8.79. The van der Waals surface area contributed by atoms with Crippen LogP contribution in [0.2, 0.25) is 0 Å². The molecule has 1 aliphatic carbocycles. The van der Waals surface area contributed by atoms with Gasteiger partial charge >= 0.3 is 17.9 Å². The first-order valence-electron chi connectivity index (χ1n) is 11.5. The largest absolute Gasteiger partial charge is 0.462 e. The van der Waals surface area contributed by atoms with Crippen molar-refractivity contribution in [2.24, 2.45) is 11.8 Å². The smallest absolute Gasteiger partial charge is 0.338 e. The monoisotopic (exact) mass is 467 g/mol. The zero-order valence-electron chi connectivity index (χ0n) is 19.4.